The Balaban J connectivity index is 2.23. The Morgan fingerprint density at radius 1 is 1.22 bits per heavy atom. The third-order valence-electron chi connectivity index (χ3n) is 2.86. The minimum atomic E-state index is 0.881. The van der Waals surface area contributed by atoms with Crippen molar-refractivity contribution < 1.29 is 0 Å². The molecule has 0 atom stereocenters. The van der Waals surface area contributed by atoms with Gasteiger partial charge in [0.15, 0.2) is 0 Å². The third-order valence-corrected chi connectivity index (χ3v) is 3.44. The van der Waals surface area contributed by atoms with Gasteiger partial charge in [-0.2, -0.15) is 0 Å². The lowest BCUT2D eigenvalue weighted by Gasteiger charge is -2.23. The summed E-state index contributed by atoms with van der Waals surface area (Å²) in [5, 5.41) is 0. The molecule has 0 saturated carbocycles. The monoisotopic (exact) mass is 304 g/mol. The van der Waals surface area contributed by atoms with Crippen LogP contribution in [0.25, 0.3) is 0 Å². The van der Waals surface area contributed by atoms with E-state index in [1.54, 1.807) is 0 Å². The van der Waals surface area contributed by atoms with Crippen molar-refractivity contribution in [2.75, 3.05) is 11.4 Å². The van der Waals surface area contributed by atoms with Gasteiger partial charge < -0.3 is 4.90 Å². The summed E-state index contributed by atoms with van der Waals surface area (Å²) in [7, 11) is 0. The number of aromatic nitrogens is 1. The lowest BCUT2D eigenvalue weighted by molar-refractivity contribution is 0.810. The second kappa shape index (κ2) is 6.01. The van der Waals surface area contributed by atoms with E-state index in [9.17, 15) is 0 Å². The molecule has 18 heavy (non-hydrogen) atoms. The van der Waals surface area contributed by atoms with Gasteiger partial charge in [0.05, 0.1) is 4.47 Å². The Morgan fingerprint density at radius 3 is 2.56 bits per heavy atom. The smallest absolute Gasteiger partial charge is 0.143 e. The fourth-order valence-electron chi connectivity index (χ4n) is 1.90. The van der Waals surface area contributed by atoms with Crippen molar-refractivity contribution in [3.8, 4) is 0 Å². The van der Waals surface area contributed by atoms with Crippen LogP contribution in [-0.2, 0) is 6.54 Å². The van der Waals surface area contributed by atoms with Crippen LogP contribution in [0, 0.1) is 6.92 Å². The zero-order chi connectivity index (χ0) is 13.0. The van der Waals surface area contributed by atoms with Gasteiger partial charge in [-0.25, -0.2) is 4.98 Å². The average Bonchev–Trinajstić information content (AvgIpc) is 2.38. The van der Waals surface area contributed by atoms with E-state index in [4.69, 9.17) is 0 Å². The fourth-order valence-corrected chi connectivity index (χ4v) is 2.61. The lowest BCUT2D eigenvalue weighted by atomic mass is 10.2. The van der Waals surface area contributed by atoms with Crippen molar-refractivity contribution in [3.63, 3.8) is 0 Å². The van der Waals surface area contributed by atoms with E-state index in [0.717, 1.165) is 23.4 Å². The maximum atomic E-state index is 4.52. The Kier molecular flexibility index (Phi) is 4.37. The first kappa shape index (κ1) is 13.1. The average molecular weight is 305 g/mol. The van der Waals surface area contributed by atoms with Crippen LogP contribution in [0.1, 0.15) is 18.1 Å². The van der Waals surface area contributed by atoms with E-state index in [-0.39, 0.29) is 0 Å². The van der Waals surface area contributed by atoms with Crippen LogP contribution in [0.2, 0.25) is 0 Å². The van der Waals surface area contributed by atoms with Crippen LogP contribution >= 0.6 is 15.9 Å². The third kappa shape index (κ3) is 3.10. The Morgan fingerprint density at radius 2 is 1.94 bits per heavy atom. The second-order valence-electron chi connectivity index (χ2n) is 4.32. The Bertz CT molecular complexity index is 511. The normalized spacial score (nSPS) is 10.4. The van der Waals surface area contributed by atoms with Crippen LogP contribution in [0.5, 0.6) is 0 Å². The molecule has 0 aliphatic heterocycles. The SMILES string of the molecule is CCN(Cc1ccccc1)c1ncc(C)cc1Br. The lowest BCUT2D eigenvalue weighted by Crippen LogP contribution is -2.23. The largest absolute Gasteiger partial charge is 0.352 e. The highest BCUT2D eigenvalue weighted by Gasteiger charge is 2.10. The zero-order valence-electron chi connectivity index (χ0n) is 10.7. The number of hydrogen-bond acceptors (Lipinski definition) is 2. The molecule has 0 bridgehead atoms. The summed E-state index contributed by atoms with van der Waals surface area (Å²) in [6.07, 6.45) is 1.91. The molecule has 0 fully saturated rings. The van der Waals surface area contributed by atoms with Gasteiger partial charge in [0, 0.05) is 19.3 Å². The molecule has 0 amide bonds. The highest BCUT2D eigenvalue weighted by molar-refractivity contribution is 9.10. The van der Waals surface area contributed by atoms with Crippen LogP contribution in [0.4, 0.5) is 5.82 Å². The molecule has 3 heteroatoms. The van der Waals surface area contributed by atoms with Gasteiger partial charge in [-0.05, 0) is 47.0 Å². The van der Waals surface area contributed by atoms with Crippen molar-refractivity contribution in [1.29, 1.82) is 0 Å². The van der Waals surface area contributed by atoms with Crippen LogP contribution in [-0.4, -0.2) is 11.5 Å². The predicted molar refractivity (Wildman–Crippen MR) is 79.8 cm³/mol. The highest BCUT2D eigenvalue weighted by atomic mass is 79.9. The molecular formula is C15H17BrN2. The topological polar surface area (TPSA) is 16.1 Å². The molecule has 0 unspecified atom stereocenters. The van der Waals surface area contributed by atoms with Gasteiger partial charge in [-0.1, -0.05) is 30.3 Å². The summed E-state index contributed by atoms with van der Waals surface area (Å²) >= 11 is 3.60. The molecule has 0 saturated heterocycles. The van der Waals surface area contributed by atoms with Crippen LogP contribution in [0.3, 0.4) is 0 Å². The molecule has 0 radical (unpaired) electrons. The van der Waals surface area contributed by atoms with Crippen molar-refractivity contribution in [2.45, 2.75) is 20.4 Å². The minimum Gasteiger partial charge on any atom is -0.352 e. The van der Waals surface area contributed by atoms with Crippen molar-refractivity contribution in [3.05, 3.63) is 58.2 Å². The summed E-state index contributed by atoms with van der Waals surface area (Å²) < 4.78 is 1.06. The standard InChI is InChI=1S/C15H17BrN2/c1-3-18(11-13-7-5-4-6-8-13)15-14(16)9-12(2)10-17-15/h4-10H,3,11H2,1-2H3. The molecule has 2 rings (SSSR count). The van der Waals surface area contributed by atoms with Gasteiger partial charge >= 0.3 is 0 Å². The van der Waals surface area contributed by atoms with E-state index < -0.39 is 0 Å². The van der Waals surface area contributed by atoms with E-state index in [0.29, 0.717) is 0 Å². The first-order chi connectivity index (χ1) is 8.70. The van der Waals surface area contributed by atoms with Crippen LogP contribution < -0.4 is 4.90 Å². The highest BCUT2D eigenvalue weighted by Crippen LogP contribution is 2.25. The number of nitrogens with zero attached hydrogens (tertiary/aromatic N) is 2. The molecule has 2 aromatic rings. The van der Waals surface area contributed by atoms with Crippen molar-refractivity contribution in [1.82, 2.24) is 4.98 Å². The first-order valence-corrected chi connectivity index (χ1v) is 6.91. The maximum absolute atomic E-state index is 4.52. The quantitative estimate of drug-likeness (QED) is 0.842. The molecule has 0 spiro atoms. The summed E-state index contributed by atoms with van der Waals surface area (Å²) in [4.78, 5) is 6.79. The molecule has 2 nitrogen and oxygen atoms in total. The number of rotatable bonds is 4. The molecule has 1 heterocycles. The van der Waals surface area contributed by atoms with Gasteiger partial charge in [-0.3, -0.25) is 0 Å². The molecule has 1 aromatic carbocycles. The van der Waals surface area contributed by atoms with Gasteiger partial charge in [0.25, 0.3) is 0 Å². The molecule has 0 aliphatic carbocycles. The molecule has 94 valence electrons. The summed E-state index contributed by atoms with van der Waals surface area (Å²) in [5.74, 6) is 1.01. The number of aryl methyl sites for hydroxylation is 1. The molecule has 1 aromatic heterocycles. The Hall–Kier alpha value is -1.35. The summed E-state index contributed by atoms with van der Waals surface area (Å²) in [6.45, 7) is 6.02. The predicted octanol–water partition coefficient (Wildman–Crippen LogP) is 4.18. The van der Waals surface area contributed by atoms with Crippen molar-refractivity contribution >= 4 is 21.7 Å². The molecule has 0 N–H and O–H groups in total. The van der Waals surface area contributed by atoms with E-state index in [2.05, 4.69) is 70.0 Å². The number of pyridine rings is 1. The zero-order valence-corrected chi connectivity index (χ0v) is 12.3. The molecular weight excluding hydrogens is 288 g/mol. The fraction of sp³-hybridized carbons (Fsp3) is 0.267. The second-order valence-corrected chi connectivity index (χ2v) is 5.17. The van der Waals surface area contributed by atoms with E-state index in [1.165, 1.54) is 11.1 Å². The number of hydrogen-bond donors (Lipinski definition) is 0. The minimum absolute atomic E-state index is 0.881. The van der Waals surface area contributed by atoms with E-state index in [1.807, 2.05) is 12.3 Å². The maximum Gasteiger partial charge on any atom is 0.143 e. The van der Waals surface area contributed by atoms with Gasteiger partial charge in [0.2, 0.25) is 0 Å². The van der Waals surface area contributed by atoms with Gasteiger partial charge in [0.1, 0.15) is 5.82 Å². The van der Waals surface area contributed by atoms with Gasteiger partial charge in [-0.15, -0.1) is 0 Å². The van der Waals surface area contributed by atoms with Crippen molar-refractivity contribution in [2.24, 2.45) is 0 Å². The Labute approximate surface area is 117 Å². The summed E-state index contributed by atoms with van der Waals surface area (Å²) in [6, 6.07) is 12.6. The number of benzene rings is 1. The number of halogens is 1. The summed E-state index contributed by atoms with van der Waals surface area (Å²) in [5.41, 5.74) is 2.47. The number of anilines is 1. The van der Waals surface area contributed by atoms with Crippen LogP contribution in [0.15, 0.2) is 47.1 Å². The first-order valence-electron chi connectivity index (χ1n) is 6.11. The molecule has 0 aliphatic rings. The van der Waals surface area contributed by atoms with E-state index >= 15 is 0 Å².